The number of aromatic nitrogens is 2. The first-order valence-electron chi connectivity index (χ1n) is 5.87. The summed E-state index contributed by atoms with van der Waals surface area (Å²) in [6, 6.07) is 1.43. The summed E-state index contributed by atoms with van der Waals surface area (Å²) in [6.45, 7) is 0.552. The maximum absolute atomic E-state index is 11.8. The molecule has 0 aliphatic carbocycles. The van der Waals surface area contributed by atoms with E-state index < -0.39 is 42.8 Å². The van der Waals surface area contributed by atoms with Gasteiger partial charge in [0.25, 0.3) is 0 Å². The SMILES string of the molecule is CC1C(n2ccc(N)nc2=O)OC(CO)(CO)C1O. The maximum Gasteiger partial charge on any atom is 0.351 e. The standard InChI is InChI=1S/C11H17N3O5/c1-6-8(17)11(4-15,5-16)19-9(6)14-3-2-7(12)13-10(14)18/h2-3,6,8-9,15-17H,4-5H2,1H3,(H2,12,13,18). The molecule has 0 aromatic carbocycles. The Morgan fingerprint density at radius 3 is 2.63 bits per heavy atom. The van der Waals surface area contributed by atoms with Gasteiger partial charge in [0, 0.05) is 12.1 Å². The van der Waals surface area contributed by atoms with Crippen molar-refractivity contribution in [2.75, 3.05) is 18.9 Å². The molecule has 3 atom stereocenters. The van der Waals surface area contributed by atoms with Crippen molar-refractivity contribution < 1.29 is 20.1 Å². The van der Waals surface area contributed by atoms with Crippen LogP contribution < -0.4 is 11.4 Å². The van der Waals surface area contributed by atoms with Gasteiger partial charge in [0.1, 0.15) is 17.6 Å². The zero-order valence-corrected chi connectivity index (χ0v) is 10.4. The number of nitrogen functional groups attached to an aromatic ring is 1. The molecule has 2 heterocycles. The van der Waals surface area contributed by atoms with Crippen LogP contribution >= 0.6 is 0 Å². The first-order chi connectivity index (χ1) is 8.95. The highest BCUT2D eigenvalue weighted by Crippen LogP contribution is 2.40. The number of nitrogens with two attached hydrogens (primary N) is 1. The predicted molar refractivity (Wildman–Crippen MR) is 65.1 cm³/mol. The van der Waals surface area contributed by atoms with Crippen LogP contribution in [0.25, 0.3) is 0 Å². The molecular formula is C11H17N3O5. The van der Waals surface area contributed by atoms with Crippen LogP contribution in [-0.4, -0.2) is 49.8 Å². The average molecular weight is 271 g/mol. The smallest absolute Gasteiger partial charge is 0.351 e. The van der Waals surface area contributed by atoms with E-state index in [0.717, 1.165) is 0 Å². The van der Waals surface area contributed by atoms with Gasteiger partial charge in [-0.1, -0.05) is 6.92 Å². The van der Waals surface area contributed by atoms with Gasteiger partial charge in [0.05, 0.1) is 19.3 Å². The summed E-state index contributed by atoms with van der Waals surface area (Å²) in [5.74, 6) is -0.412. The summed E-state index contributed by atoms with van der Waals surface area (Å²) in [5.41, 5.74) is 3.30. The van der Waals surface area contributed by atoms with Crippen LogP contribution in [0.15, 0.2) is 17.1 Å². The summed E-state index contributed by atoms with van der Waals surface area (Å²) in [7, 11) is 0. The van der Waals surface area contributed by atoms with E-state index in [9.17, 15) is 20.1 Å². The summed E-state index contributed by atoms with van der Waals surface area (Å²) in [4.78, 5) is 15.3. The fourth-order valence-electron chi connectivity index (χ4n) is 2.29. The van der Waals surface area contributed by atoms with E-state index in [2.05, 4.69) is 4.98 Å². The monoisotopic (exact) mass is 271 g/mol. The number of rotatable bonds is 3. The molecule has 0 spiro atoms. The highest BCUT2D eigenvalue weighted by atomic mass is 16.6. The first kappa shape index (κ1) is 13.9. The Kier molecular flexibility index (Phi) is 3.59. The Morgan fingerprint density at radius 2 is 2.16 bits per heavy atom. The summed E-state index contributed by atoms with van der Waals surface area (Å²) in [6.07, 6.45) is -0.518. The van der Waals surface area contributed by atoms with Gasteiger partial charge in [0.15, 0.2) is 0 Å². The number of anilines is 1. The van der Waals surface area contributed by atoms with Gasteiger partial charge in [0.2, 0.25) is 0 Å². The summed E-state index contributed by atoms with van der Waals surface area (Å²) >= 11 is 0. The summed E-state index contributed by atoms with van der Waals surface area (Å²) < 4.78 is 6.69. The molecule has 2 rings (SSSR count). The lowest BCUT2D eigenvalue weighted by Gasteiger charge is -2.27. The predicted octanol–water partition coefficient (Wildman–Crippen LogP) is -1.93. The van der Waals surface area contributed by atoms with Crippen LogP contribution in [0.5, 0.6) is 0 Å². The van der Waals surface area contributed by atoms with Crippen molar-refractivity contribution in [3.05, 3.63) is 22.7 Å². The van der Waals surface area contributed by atoms with Crippen molar-refractivity contribution in [1.82, 2.24) is 9.55 Å². The Hall–Kier alpha value is -1.48. The van der Waals surface area contributed by atoms with E-state index in [1.807, 2.05) is 0 Å². The van der Waals surface area contributed by atoms with Gasteiger partial charge in [-0.15, -0.1) is 0 Å². The Balaban J connectivity index is 2.39. The van der Waals surface area contributed by atoms with Crippen LogP contribution in [0, 0.1) is 5.92 Å². The highest BCUT2D eigenvalue weighted by Gasteiger charge is 2.53. The van der Waals surface area contributed by atoms with Crippen molar-refractivity contribution in [2.45, 2.75) is 24.9 Å². The van der Waals surface area contributed by atoms with Crippen LogP contribution in [0.2, 0.25) is 0 Å². The van der Waals surface area contributed by atoms with E-state index in [1.54, 1.807) is 6.92 Å². The average Bonchev–Trinajstić information content (AvgIpc) is 2.64. The highest BCUT2D eigenvalue weighted by molar-refractivity contribution is 5.23. The van der Waals surface area contributed by atoms with E-state index in [0.29, 0.717) is 0 Å². The van der Waals surface area contributed by atoms with Crippen molar-refractivity contribution in [3.63, 3.8) is 0 Å². The van der Waals surface area contributed by atoms with Gasteiger partial charge in [-0.05, 0) is 6.07 Å². The molecule has 106 valence electrons. The number of nitrogens with zero attached hydrogens (tertiary/aromatic N) is 2. The van der Waals surface area contributed by atoms with E-state index in [4.69, 9.17) is 10.5 Å². The number of hydrogen-bond donors (Lipinski definition) is 4. The second kappa shape index (κ2) is 4.89. The lowest BCUT2D eigenvalue weighted by molar-refractivity contribution is -0.150. The normalized spacial score (nSPS) is 29.6. The fourth-order valence-corrected chi connectivity index (χ4v) is 2.29. The molecule has 3 unspecified atom stereocenters. The molecule has 0 amide bonds. The number of aliphatic hydroxyl groups excluding tert-OH is 3. The molecule has 5 N–H and O–H groups in total. The molecule has 8 nitrogen and oxygen atoms in total. The number of ether oxygens (including phenoxy) is 1. The van der Waals surface area contributed by atoms with Crippen LogP contribution in [0.4, 0.5) is 5.82 Å². The third-order valence-corrected chi connectivity index (χ3v) is 3.50. The molecule has 1 saturated heterocycles. The molecule has 1 aliphatic heterocycles. The number of hydrogen-bond acceptors (Lipinski definition) is 7. The Morgan fingerprint density at radius 1 is 1.53 bits per heavy atom. The van der Waals surface area contributed by atoms with Gasteiger partial charge in [-0.25, -0.2) is 4.79 Å². The van der Waals surface area contributed by atoms with Gasteiger partial charge < -0.3 is 25.8 Å². The third kappa shape index (κ3) is 2.12. The van der Waals surface area contributed by atoms with Crippen LogP contribution in [0.1, 0.15) is 13.2 Å². The quantitative estimate of drug-likeness (QED) is 0.503. The molecule has 0 bridgehead atoms. The zero-order chi connectivity index (χ0) is 14.2. The molecule has 1 fully saturated rings. The molecule has 0 radical (unpaired) electrons. The van der Waals surface area contributed by atoms with Gasteiger partial charge in [-0.3, -0.25) is 4.57 Å². The van der Waals surface area contributed by atoms with E-state index in [1.165, 1.54) is 16.8 Å². The van der Waals surface area contributed by atoms with Crippen molar-refractivity contribution in [3.8, 4) is 0 Å². The van der Waals surface area contributed by atoms with Crippen LogP contribution in [-0.2, 0) is 4.74 Å². The molecular weight excluding hydrogens is 254 g/mol. The van der Waals surface area contributed by atoms with Gasteiger partial charge in [-0.2, -0.15) is 4.98 Å². The molecule has 19 heavy (non-hydrogen) atoms. The van der Waals surface area contributed by atoms with E-state index >= 15 is 0 Å². The topological polar surface area (TPSA) is 131 Å². The molecule has 8 heteroatoms. The third-order valence-electron chi connectivity index (χ3n) is 3.50. The molecule has 1 aliphatic rings. The first-order valence-corrected chi connectivity index (χ1v) is 5.87. The lowest BCUT2D eigenvalue weighted by atomic mass is 9.92. The largest absolute Gasteiger partial charge is 0.393 e. The summed E-state index contributed by atoms with van der Waals surface area (Å²) in [5, 5.41) is 28.7. The zero-order valence-electron chi connectivity index (χ0n) is 10.4. The second-order valence-corrected chi connectivity index (χ2v) is 4.74. The van der Waals surface area contributed by atoms with Gasteiger partial charge >= 0.3 is 5.69 Å². The molecule has 1 aromatic rings. The Labute approximate surface area is 109 Å². The number of aliphatic hydroxyl groups is 3. The molecule has 0 saturated carbocycles. The fraction of sp³-hybridized carbons (Fsp3) is 0.636. The Bertz CT molecular complexity index is 513. The maximum atomic E-state index is 11.8. The van der Waals surface area contributed by atoms with Crippen molar-refractivity contribution in [1.29, 1.82) is 0 Å². The minimum atomic E-state index is -1.48. The van der Waals surface area contributed by atoms with Crippen molar-refractivity contribution >= 4 is 5.82 Å². The lowest BCUT2D eigenvalue weighted by Crippen LogP contribution is -2.47. The molecule has 1 aromatic heterocycles. The minimum absolute atomic E-state index is 0.0861. The second-order valence-electron chi connectivity index (χ2n) is 4.74. The van der Waals surface area contributed by atoms with E-state index in [-0.39, 0.29) is 5.82 Å². The van der Waals surface area contributed by atoms with Crippen molar-refractivity contribution in [2.24, 2.45) is 5.92 Å². The van der Waals surface area contributed by atoms with Crippen LogP contribution in [0.3, 0.4) is 0 Å². The minimum Gasteiger partial charge on any atom is -0.393 e.